The summed E-state index contributed by atoms with van der Waals surface area (Å²) in [6.07, 6.45) is 0. The van der Waals surface area contributed by atoms with Crippen molar-refractivity contribution in [3.05, 3.63) is 58.6 Å². The molecule has 0 unspecified atom stereocenters. The minimum Gasteiger partial charge on any atom is -0.330 e. The first-order valence-electron chi connectivity index (χ1n) is 5.42. The quantitative estimate of drug-likeness (QED) is 0.525. The zero-order chi connectivity index (χ0) is 13.6. The van der Waals surface area contributed by atoms with Crippen LogP contribution < -0.4 is 0 Å². The van der Waals surface area contributed by atoms with E-state index in [2.05, 4.69) is 4.98 Å². The van der Waals surface area contributed by atoms with E-state index in [0.29, 0.717) is 17.1 Å². The number of para-hydroxylation sites is 2. The number of halogens is 3. The lowest BCUT2D eigenvalue weighted by Gasteiger charge is -2.06. The first-order valence-corrected chi connectivity index (χ1v) is 5.83. The minimum absolute atomic E-state index is 0.124. The van der Waals surface area contributed by atoms with E-state index in [1.165, 1.54) is 4.57 Å². The fraction of sp³-hybridized carbons (Fsp3) is 0. The summed E-state index contributed by atoms with van der Waals surface area (Å²) in [5.41, 5.74) is 1.16. The van der Waals surface area contributed by atoms with E-state index in [-0.39, 0.29) is 10.5 Å². The van der Waals surface area contributed by atoms with Gasteiger partial charge in [0, 0.05) is 12.1 Å². The second-order valence-corrected chi connectivity index (χ2v) is 4.39. The van der Waals surface area contributed by atoms with Gasteiger partial charge in [-0.1, -0.05) is 12.1 Å². The van der Waals surface area contributed by atoms with E-state index in [4.69, 9.17) is 12.2 Å². The van der Waals surface area contributed by atoms with Crippen LogP contribution in [0.1, 0.15) is 0 Å². The van der Waals surface area contributed by atoms with Crippen molar-refractivity contribution in [1.29, 1.82) is 0 Å². The highest BCUT2D eigenvalue weighted by Gasteiger charge is 2.14. The lowest BCUT2D eigenvalue weighted by Crippen LogP contribution is -2.00. The highest BCUT2D eigenvalue weighted by molar-refractivity contribution is 7.71. The molecule has 3 aromatic rings. The highest BCUT2D eigenvalue weighted by atomic mass is 32.1. The van der Waals surface area contributed by atoms with Crippen molar-refractivity contribution in [2.75, 3.05) is 0 Å². The fourth-order valence-electron chi connectivity index (χ4n) is 1.98. The molecule has 0 amide bonds. The average molecular weight is 280 g/mol. The molecule has 0 saturated carbocycles. The van der Waals surface area contributed by atoms with Gasteiger partial charge in [0.2, 0.25) is 0 Å². The molecule has 2 aromatic carbocycles. The minimum atomic E-state index is -1.23. The third-order valence-corrected chi connectivity index (χ3v) is 3.10. The van der Waals surface area contributed by atoms with Crippen LogP contribution in [0.5, 0.6) is 0 Å². The Balaban J connectivity index is 2.40. The predicted molar refractivity (Wildman–Crippen MR) is 68.3 cm³/mol. The summed E-state index contributed by atoms with van der Waals surface area (Å²) >= 11 is 5.10. The van der Waals surface area contributed by atoms with E-state index in [1.807, 2.05) is 0 Å². The van der Waals surface area contributed by atoms with Gasteiger partial charge in [-0.3, -0.25) is 4.57 Å². The Hall–Kier alpha value is -2.08. The van der Waals surface area contributed by atoms with Crippen LogP contribution in [0.2, 0.25) is 0 Å². The molecule has 2 nitrogen and oxygen atoms in total. The summed E-state index contributed by atoms with van der Waals surface area (Å²) in [4.78, 5) is 2.88. The Kier molecular flexibility index (Phi) is 2.67. The normalized spacial score (nSPS) is 11.1. The van der Waals surface area contributed by atoms with Crippen molar-refractivity contribution in [1.82, 2.24) is 9.55 Å². The van der Waals surface area contributed by atoms with Gasteiger partial charge in [0.05, 0.1) is 16.7 Å². The van der Waals surface area contributed by atoms with Gasteiger partial charge >= 0.3 is 0 Å². The number of rotatable bonds is 1. The van der Waals surface area contributed by atoms with Crippen molar-refractivity contribution in [3.63, 3.8) is 0 Å². The molecule has 19 heavy (non-hydrogen) atoms. The van der Waals surface area contributed by atoms with Crippen LogP contribution in [0.15, 0.2) is 36.4 Å². The number of aromatic nitrogens is 2. The average Bonchev–Trinajstić information content (AvgIpc) is 2.70. The molecule has 6 heteroatoms. The lowest BCUT2D eigenvalue weighted by atomic mass is 10.2. The summed E-state index contributed by atoms with van der Waals surface area (Å²) in [5, 5.41) is 0. The zero-order valence-corrected chi connectivity index (χ0v) is 10.3. The molecule has 0 spiro atoms. The number of benzene rings is 2. The number of nitrogens with zero attached hydrogens (tertiary/aromatic N) is 1. The molecule has 0 aliphatic rings. The molecule has 0 fully saturated rings. The molecule has 96 valence electrons. The van der Waals surface area contributed by atoms with Crippen molar-refractivity contribution in [2.24, 2.45) is 0 Å². The van der Waals surface area contributed by atoms with E-state index in [0.717, 1.165) is 6.07 Å². The second kappa shape index (κ2) is 4.24. The lowest BCUT2D eigenvalue weighted by molar-refractivity contribution is 0.493. The summed E-state index contributed by atoms with van der Waals surface area (Å²) in [7, 11) is 0. The maximum atomic E-state index is 13.8. The SMILES string of the molecule is Fc1cc(F)c(-n2c(=S)[nH]c3ccccc32)cc1F. The van der Waals surface area contributed by atoms with Crippen LogP contribution in [0.25, 0.3) is 16.7 Å². The summed E-state index contributed by atoms with van der Waals surface area (Å²) in [6, 6.07) is 8.31. The Bertz CT molecular complexity index is 836. The predicted octanol–water partition coefficient (Wildman–Crippen LogP) is 4.11. The third kappa shape index (κ3) is 1.84. The number of hydrogen-bond donors (Lipinski definition) is 1. The van der Waals surface area contributed by atoms with Gasteiger partial charge in [0.25, 0.3) is 0 Å². The van der Waals surface area contributed by atoms with Crippen LogP contribution in [-0.2, 0) is 0 Å². The summed E-state index contributed by atoms with van der Waals surface area (Å²) in [6.45, 7) is 0. The molecule has 1 N–H and O–H groups in total. The molecule has 1 heterocycles. The Labute approximate surface area is 111 Å². The maximum Gasteiger partial charge on any atom is 0.182 e. The first-order chi connectivity index (χ1) is 9.08. The van der Waals surface area contributed by atoms with Crippen LogP contribution >= 0.6 is 12.2 Å². The van der Waals surface area contributed by atoms with E-state index in [9.17, 15) is 13.2 Å². The smallest absolute Gasteiger partial charge is 0.182 e. The van der Waals surface area contributed by atoms with Crippen LogP contribution in [0, 0.1) is 22.2 Å². The fourth-order valence-corrected chi connectivity index (χ4v) is 2.28. The van der Waals surface area contributed by atoms with Gasteiger partial charge in [-0.25, -0.2) is 13.2 Å². The molecule has 1 aromatic heterocycles. The topological polar surface area (TPSA) is 20.7 Å². The summed E-state index contributed by atoms with van der Waals surface area (Å²) in [5.74, 6) is -3.23. The first kappa shape index (κ1) is 12.0. The molecule has 0 bridgehead atoms. The van der Waals surface area contributed by atoms with Crippen LogP contribution in [0.4, 0.5) is 13.2 Å². The van der Waals surface area contributed by atoms with E-state index < -0.39 is 17.5 Å². The van der Waals surface area contributed by atoms with Gasteiger partial charge in [-0.2, -0.15) is 0 Å². The standard InChI is InChI=1S/C13H7F3N2S/c14-7-5-9(16)12(6-8(7)15)18-11-4-2-1-3-10(11)17-13(18)19/h1-6H,(H,17,19). The Morgan fingerprint density at radius 3 is 2.42 bits per heavy atom. The number of hydrogen-bond acceptors (Lipinski definition) is 1. The van der Waals surface area contributed by atoms with Gasteiger partial charge < -0.3 is 4.98 Å². The number of H-pyrrole nitrogens is 1. The molecular formula is C13H7F3N2S. The van der Waals surface area contributed by atoms with E-state index >= 15 is 0 Å². The third-order valence-electron chi connectivity index (χ3n) is 2.82. The molecule has 0 radical (unpaired) electrons. The summed E-state index contributed by atoms with van der Waals surface area (Å²) < 4.78 is 41.6. The Morgan fingerprint density at radius 2 is 1.63 bits per heavy atom. The molecule has 3 rings (SSSR count). The highest BCUT2D eigenvalue weighted by Crippen LogP contribution is 2.23. The molecule has 0 saturated heterocycles. The van der Waals surface area contributed by atoms with Crippen molar-refractivity contribution in [3.8, 4) is 5.69 Å². The Morgan fingerprint density at radius 1 is 0.947 bits per heavy atom. The molecular weight excluding hydrogens is 273 g/mol. The monoisotopic (exact) mass is 280 g/mol. The van der Waals surface area contributed by atoms with Crippen molar-refractivity contribution < 1.29 is 13.2 Å². The molecule has 0 aliphatic heterocycles. The van der Waals surface area contributed by atoms with Gasteiger partial charge in [-0.05, 0) is 24.4 Å². The molecule has 0 aliphatic carbocycles. The zero-order valence-electron chi connectivity index (χ0n) is 9.45. The number of imidazole rings is 1. The van der Waals surface area contributed by atoms with Crippen molar-refractivity contribution in [2.45, 2.75) is 0 Å². The maximum absolute atomic E-state index is 13.8. The molecule has 0 atom stereocenters. The number of aromatic amines is 1. The van der Waals surface area contributed by atoms with Gasteiger partial charge in [0.1, 0.15) is 5.82 Å². The number of fused-ring (bicyclic) bond motifs is 1. The van der Waals surface area contributed by atoms with Gasteiger partial charge in [0.15, 0.2) is 16.4 Å². The second-order valence-electron chi connectivity index (χ2n) is 4.00. The van der Waals surface area contributed by atoms with Gasteiger partial charge in [-0.15, -0.1) is 0 Å². The number of nitrogens with one attached hydrogen (secondary N) is 1. The van der Waals surface area contributed by atoms with E-state index in [1.54, 1.807) is 24.3 Å². The van der Waals surface area contributed by atoms with Crippen molar-refractivity contribution >= 4 is 23.3 Å². The van der Waals surface area contributed by atoms with Crippen LogP contribution in [-0.4, -0.2) is 9.55 Å². The largest absolute Gasteiger partial charge is 0.330 e. The van der Waals surface area contributed by atoms with Crippen LogP contribution in [0.3, 0.4) is 0 Å².